The van der Waals surface area contributed by atoms with E-state index in [1.807, 2.05) is 18.2 Å². The highest BCUT2D eigenvalue weighted by molar-refractivity contribution is 7.92. The van der Waals surface area contributed by atoms with Crippen LogP contribution in [-0.2, 0) is 15.4 Å². The van der Waals surface area contributed by atoms with Gasteiger partial charge in [0.25, 0.3) is 0 Å². The summed E-state index contributed by atoms with van der Waals surface area (Å²) in [7, 11) is 1.70. The van der Waals surface area contributed by atoms with Crippen LogP contribution in [0, 0.1) is 0 Å². The van der Waals surface area contributed by atoms with E-state index in [4.69, 9.17) is 8.60 Å². The van der Waals surface area contributed by atoms with Crippen LogP contribution in [-0.4, -0.2) is 17.8 Å². The van der Waals surface area contributed by atoms with Crippen molar-refractivity contribution < 1.29 is 8.60 Å². The number of benzene rings is 1. The second-order valence-electron chi connectivity index (χ2n) is 4.39. The van der Waals surface area contributed by atoms with E-state index >= 15 is 0 Å². The number of unbranched alkanes of at least 4 members (excludes halogenated alkanes) is 1. The molecule has 0 saturated heterocycles. The monoisotopic (exact) mass is 298 g/mol. The molecule has 0 fully saturated rings. The van der Waals surface area contributed by atoms with Crippen LogP contribution in [0.5, 0.6) is 0 Å². The maximum absolute atomic E-state index is 11.0. The first-order chi connectivity index (χ1) is 9.65. The number of nitrogens with one attached hydrogen (secondary N) is 1. The van der Waals surface area contributed by atoms with E-state index < -0.39 is 5.76 Å². The minimum absolute atomic E-state index is 0.218. The van der Waals surface area contributed by atoms with Gasteiger partial charge in [0.2, 0.25) is 0 Å². The van der Waals surface area contributed by atoms with Crippen molar-refractivity contribution in [1.82, 2.24) is 4.98 Å². The number of fused-ring (bicyclic) bond motifs is 1. The number of hydrogen-bond donors (Lipinski definition) is 1. The average Bonchev–Trinajstić information content (AvgIpc) is 2.84. The molecule has 0 aliphatic carbocycles. The van der Waals surface area contributed by atoms with Crippen molar-refractivity contribution in [2.75, 3.05) is 12.9 Å². The molecule has 112 valence electrons. The molecule has 5 heteroatoms. The highest BCUT2D eigenvalue weighted by atomic mass is 32.2. The smallest absolute Gasteiger partial charge is 0.408 e. The number of rotatable bonds is 5. The summed E-state index contributed by atoms with van der Waals surface area (Å²) in [5, 5.41) is 0. The summed E-state index contributed by atoms with van der Waals surface area (Å²) in [6.07, 6.45) is 3.70. The standard InChI is InChI=1S/C11H13NO3S.C4H10/c1-3-6-16(14-2)8-4-5-9-10(7-8)15-11(13)12-9;1-3-4-2/h4-5,7H,3,6H2,1-2H3;3-4H2,1-2H3/p+1. The molecule has 2 aromatic rings. The zero-order valence-electron chi connectivity index (χ0n) is 12.7. The van der Waals surface area contributed by atoms with Crippen molar-refractivity contribution >= 4 is 22.3 Å². The lowest BCUT2D eigenvalue weighted by molar-refractivity contribution is 0.471. The zero-order valence-corrected chi connectivity index (χ0v) is 13.5. The third-order valence-corrected chi connectivity index (χ3v) is 4.71. The van der Waals surface area contributed by atoms with Crippen molar-refractivity contribution in [3.63, 3.8) is 0 Å². The summed E-state index contributed by atoms with van der Waals surface area (Å²) in [6, 6.07) is 5.69. The number of H-pyrrole nitrogens is 1. The summed E-state index contributed by atoms with van der Waals surface area (Å²) >= 11 is -0.218. The van der Waals surface area contributed by atoms with Crippen LogP contribution in [0.4, 0.5) is 0 Å². The van der Waals surface area contributed by atoms with Crippen LogP contribution in [0.15, 0.2) is 32.3 Å². The third kappa shape index (κ3) is 4.72. The van der Waals surface area contributed by atoms with E-state index in [0.717, 1.165) is 22.6 Å². The molecule has 1 atom stereocenters. The summed E-state index contributed by atoms with van der Waals surface area (Å²) in [5.74, 6) is 0.566. The second-order valence-corrected chi connectivity index (χ2v) is 6.29. The molecular formula is C15H24NO3S+. The molecule has 4 nitrogen and oxygen atoms in total. The van der Waals surface area contributed by atoms with Crippen LogP contribution >= 0.6 is 0 Å². The van der Waals surface area contributed by atoms with Gasteiger partial charge in [0.15, 0.2) is 21.7 Å². The molecule has 1 heterocycles. The van der Waals surface area contributed by atoms with Crippen molar-refractivity contribution in [1.29, 1.82) is 0 Å². The van der Waals surface area contributed by atoms with Crippen LogP contribution in [0.25, 0.3) is 11.1 Å². The highest BCUT2D eigenvalue weighted by Crippen LogP contribution is 2.20. The molecule has 1 N–H and O–H groups in total. The number of aromatic nitrogens is 1. The Morgan fingerprint density at radius 1 is 1.20 bits per heavy atom. The third-order valence-electron chi connectivity index (χ3n) is 2.75. The quantitative estimate of drug-likeness (QED) is 0.852. The Morgan fingerprint density at radius 2 is 1.90 bits per heavy atom. The normalized spacial score (nSPS) is 12.0. The minimum atomic E-state index is -0.417. The second kappa shape index (κ2) is 8.87. The molecular weight excluding hydrogens is 274 g/mol. The lowest BCUT2D eigenvalue weighted by Gasteiger charge is -2.01. The summed E-state index contributed by atoms with van der Waals surface area (Å²) in [6.45, 7) is 6.48. The molecule has 0 aliphatic rings. The first-order valence-corrected chi connectivity index (χ1v) is 8.36. The van der Waals surface area contributed by atoms with E-state index in [1.165, 1.54) is 12.8 Å². The van der Waals surface area contributed by atoms with E-state index in [1.54, 1.807) is 7.11 Å². The van der Waals surface area contributed by atoms with Gasteiger partial charge in [-0.2, -0.15) is 4.18 Å². The summed E-state index contributed by atoms with van der Waals surface area (Å²) in [5.41, 5.74) is 1.32. The Bertz CT molecular complexity index is 559. The van der Waals surface area contributed by atoms with Gasteiger partial charge in [-0.3, -0.25) is 4.98 Å². The van der Waals surface area contributed by atoms with Gasteiger partial charge in [0.05, 0.1) is 12.6 Å². The number of aromatic amines is 1. The SMILES string of the molecule is CCCC.CCC[S+](OC)c1ccc2[nH]c(=O)oc2c1. The van der Waals surface area contributed by atoms with Gasteiger partial charge in [-0.25, -0.2) is 4.79 Å². The summed E-state index contributed by atoms with van der Waals surface area (Å²) in [4.78, 5) is 14.7. The van der Waals surface area contributed by atoms with Gasteiger partial charge >= 0.3 is 5.76 Å². The van der Waals surface area contributed by atoms with Gasteiger partial charge in [0.1, 0.15) is 5.75 Å². The average molecular weight is 298 g/mol. The lowest BCUT2D eigenvalue weighted by Crippen LogP contribution is -2.08. The first-order valence-electron chi connectivity index (χ1n) is 7.04. The molecule has 0 amide bonds. The van der Waals surface area contributed by atoms with Gasteiger partial charge < -0.3 is 4.42 Å². The topological polar surface area (TPSA) is 55.2 Å². The van der Waals surface area contributed by atoms with E-state index in [2.05, 4.69) is 25.8 Å². The van der Waals surface area contributed by atoms with Gasteiger partial charge in [-0.05, 0) is 18.6 Å². The molecule has 0 aliphatic heterocycles. The van der Waals surface area contributed by atoms with Crippen molar-refractivity contribution in [2.45, 2.75) is 44.9 Å². The fraction of sp³-hybridized carbons (Fsp3) is 0.533. The summed E-state index contributed by atoms with van der Waals surface area (Å²) < 4.78 is 10.4. The predicted octanol–water partition coefficient (Wildman–Crippen LogP) is 3.88. The molecule has 0 bridgehead atoms. The van der Waals surface area contributed by atoms with E-state index in [0.29, 0.717) is 5.58 Å². The molecule has 1 unspecified atom stereocenters. The van der Waals surface area contributed by atoms with Gasteiger partial charge in [0, 0.05) is 6.07 Å². The minimum Gasteiger partial charge on any atom is -0.408 e. The van der Waals surface area contributed by atoms with E-state index in [-0.39, 0.29) is 11.2 Å². The Balaban J connectivity index is 0.000000444. The highest BCUT2D eigenvalue weighted by Gasteiger charge is 2.22. The Labute approximate surface area is 123 Å². The van der Waals surface area contributed by atoms with Gasteiger partial charge in [-0.15, -0.1) is 0 Å². The lowest BCUT2D eigenvalue weighted by atomic mass is 10.3. The molecule has 0 saturated carbocycles. The molecule has 20 heavy (non-hydrogen) atoms. The van der Waals surface area contributed by atoms with Crippen LogP contribution in [0.1, 0.15) is 40.0 Å². The van der Waals surface area contributed by atoms with Crippen LogP contribution < -0.4 is 5.76 Å². The molecule has 1 aromatic carbocycles. The fourth-order valence-electron chi connectivity index (χ4n) is 1.55. The fourth-order valence-corrected chi connectivity index (χ4v) is 2.97. The molecule has 0 spiro atoms. The Morgan fingerprint density at radius 3 is 2.45 bits per heavy atom. The first kappa shape index (κ1) is 16.9. The van der Waals surface area contributed by atoms with Crippen molar-refractivity contribution in [3.8, 4) is 0 Å². The van der Waals surface area contributed by atoms with E-state index in [9.17, 15) is 4.79 Å². The maximum Gasteiger partial charge on any atom is 0.417 e. The largest absolute Gasteiger partial charge is 0.417 e. The van der Waals surface area contributed by atoms with Crippen molar-refractivity contribution in [3.05, 3.63) is 28.7 Å². The Kier molecular flexibility index (Phi) is 7.47. The zero-order chi connectivity index (χ0) is 15.0. The molecule has 2 rings (SSSR count). The maximum atomic E-state index is 11.0. The van der Waals surface area contributed by atoms with Crippen molar-refractivity contribution in [2.24, 2.45) is 0 Å². The predicted molar refractivity (Wildman–Crippen MR) is 85.2 cm³/mol. The number of hydrogen-bond acceptors (Lipinski definition) is 3. The van der Waals surface area contributed by atoms with Crippen LogP contribution in [0.2, 0.25) is 0 Å². The Hall–Kier alpha value is -1.20. The van der Waals surface area contributed by atoms with Gasteiger partial charge in [-0.1, -0.05) is 33.6 Å². The number of oxazole rings is 1. The molecule has 1 aromatic heterocycles. The van der Waals surface area contributed by atoms with Crippen LogP contribution in [0.3, 0.4) is 0 Å². The molecule has 0 radical (unpaired) electrons.